The molecule has 0 N–H and O–H groups in total. The van der Waals surface area contributed by atoms with E-state index in [1.165, 1.54) is 44.9 Å². The van der Waals surface area contributed by atoms with Crippen molar-refractivity contribution in [2.75, 3.05) is 13.2 Å². The highest BCUT2D eigenvalue weighted by Gasteiger charge is 2.28. The van der Waals surface area contributed by atoms with E-state index in [2.05, 4.69) is 13.8 Å². The van der Waals surface area contributed by atoms with Gasteiger partial charge in [-0.15, -0.1) is 11.6 Å². The molecule has 0 amide bonds. The van der Waals surface area contributed by atoms with Gasteiger partial charge in [-0.05, 0) is 43.9 Å². The molecule has 0 aliphatic heterocycles. The fraction of sp³-hybridized carbons (Fsp3) is 1.00. The first-order valence-electron chi connectivity index (χ1n) is 7.49. The summed E-state index contributed by atoms with van der Waals surface area (Å²) in [6, 6.07) is 0. The predicted molar refractivity (Wildman–Crippen MR) is 75.7 cm³/mol. The summed E-state index contributed by atoms with van der Waals surface area (Å²) in [7, 11) is 0. The van der Waals surface area contributed by atoms with Crippen LogP contribution in [0.5, 0.6) is 0 Å². The molecule has 3 unspecified atom stereocenters. The summed E-state index contributed by atoms with van der Waals surface area (Å²) in [5, 5.41) is 0.401. The van der Waals surface area contributed by atoms with E-state index in [0.29, 0.717) is 11.3 Å². The van der Waals surface area contributed by atoms with Crippen LogP contribution in [0.3, 0.4) is 0 Å². The molecule has 1 fully saturated rings. The van der Waals surface area contributed by atoms with Gasteiger partial charge in [-0.2, -0.15) is 0 Å². The molecule has 0 aromatic heterocycles. The lowest BCUT2D eigenvalue weighted by atomic mass is 9.78. The van der Waals surface area contributed by atoms with Crippen LogP contribution in [0.1, 0.15) is 65.2 Å². The first kappa shape index (κ1) is 15.3. The van der Waals surface area contributed by atoms with Crippen LogP contribution in [-0.2, 0) is 4.74 Å². The second-order valence-corrected chi connectivity index (χ2v) is 6.06. The molecular weight excluding hydrogens is 232 g/mol. The molecule has 0 heterocycles. The van der Waals surface area contributed by atoms with Gasteiger partial charge in [-0.25, -0.2) is 0 Å². The molecule has 2 heteroatoms. The van der Waals surface area contributed by atoms with Crippen molar-refractivity contribution in [3.63, 3.8) is 0 Å². The molecule has 17 heavy (non-hydrogen) atoms. The molecule has 102 valence electrons. The SMILES string of the molecule is CCCCOCCC1CC(CCC)CCC1Cl. The first-order chi connectivity index (χ1) is 8.27. The Kier molecular flexibility index (Phi) is 8.30. The first-order valence-corrected chi connectivity index (χ1v) is 7.93. The zero-order valence-electron chi connectivity index (χ0n) is 11.6. The highest BCUT2D eigenvalue weighted by molar-refractivity contribution is 6.20. The average Bonchev–Trinajstić information content (AvgIpc) is 2.33. The van der Waals surface area contributed by atoms with E-state index in [4.69, 9.17) is 16.3 Å². The maximum absolute atomic E-state index is 6.43. The van der Waals surface area contributed by atoms with Crippen molar-refractivity contribution >= 4 is 11.6 Å². The zero-order chi connectivity index (χ0) is 12.5. The van der Waals surface area contributed by atoms with Crippen molar-refractivity contribution in [2.45, 2.75) is 70.6 Å². The highest BCUT2D eigenvalue weighted by Crippen LogP contribution is 2.36. The Hall–Kier alpha value is 0.250. The highest BCUT2D eigenvalue weighted by atomic mass is 35.5. The summed E-state index contributed by atoms with van der Waals surface area (Å²) in [5.74, 6) is 1.62. The van der Waals surface area contributed by atoms with Crippen molar-refractivity contribution in [2.24, 2.45) is 11.8 Å². The molecule has 1 rings (SSSR count). The van der Waals surface area contributed by atoms with Crippen molar-refractivity contribution < 1.29 is 4.74 Å². The van der Waals surface area contributed by atoms with Gasteiger partial charge in [-0.3, -0.25) is 0 Å². The lowest BCUT2D eigenvalue weighted by Gasteiger charge is -2.33. The Morgan fingerprint density at radius 2 is 1.88 bits per heavy atom. The molecule has 3 atom stereocenters. The summed E-state index contributed by atoms with van der Waals surface area (Å²) in [4.78, 5) is 0. The second-order valence-electron chi connectivity index (χ2n) is 5.50. The van der Waals surface area contributed by atoms with E-state index < -0.39 is 0 Å². The number of unbranched alkanes of at least 4 members (excludes halogenated alkanes) is 1. The van der Waals surface area contributed by atoms with Gasteiger partial charge in [0.05, 0.1) is 0 Å². The Labute approximate surface area is 112 Å². The van der Waals surface area contributed by atoms with Gasteiger partial charge in [0, 0.05) is 18.6 Å². The van der Waals surface area contributed by atoms with Gasteiger partial charge in [0.1, 0.15) is 0 Å². The van der Waals surface area contributed by atoms with E-state index >= 15 is 0 Å². The molecule has 1 nitrogen and oxygen atoms in total. The number of ether oxygens (including phenoxy) is 1. The Morgan fingerprint density at radius 3 is 2.59 bits per heavy atom. The summed E-state index contributed by atoms with van der Waals surface area (Å²) >= 11 is 6.43. The van der Waals surface area contributed by atoms with Crippen molar-refractivity contribution in [3.8, 4) is 0 Å². The molecule has 0 spiro atoms. The summed E-state index contributed by atoms with van der Waals surface area (Å²) in [5.41, 5.74) is 0. The summed E-state index contributed by atoms with van der Waals surface area (Å²) < 4.78 is 5.66. The maximum Gasteiger partial charge on any atom is 0.0469 e. The standard InChI is InChI=1S/C15H29ClO/c1-3-5-10-17-11-9-14-12-13(6-4-2)7-8-15(14)16/h13-15H,3-12H2,1-2H3. The van der Waals surface area contributed by atoms with Crippen molar-refractivity contribution in [3.05, 3.63) is 0 Å². The number of halogens is 1. The van der Waals surface area contributed by atoms with Gasteiger partial charge in [0.2, 0.25) is 0 Å². The van der Waals surface area contributed by atoms with Crippen LogP contribution in [0.25, 0.3) is 0 Å². The lowest BCUT2D eigenvalue weighted by Crippen LogP contribution is -2.26. The number of hydrogen-bond acceptors (Lipinski definition) is 1. The van der Waals surface area contributed by atoms with Crippen LogP contribution in [-0.4, -0.2) is 18.6 Å². The minimum atomic E-state index is 0.401. The smallest absolute Gasteiger partial charge is 0.0469 e. The molecule has 0 radical (unpaired) electrons. The van der Waals surface area contributed by atoms with Crippen LogP contribution in [0.15, 0.2) is 0 Å². The van der Waals surface area contributed by atoms with E-state index in [0.717, 1.165) is 25.6 Å². The third kappa shape index (κ3) is 6.10. The second kappa shape index (κ2) is 9.22. The van der Waals surface area contributed by atoms with Gasteiger partial charge >= 0.3 is 0 Å². The molecule has 1 saturated carbocycles. The van der Waals surface area contributed by atoms with Gasteiger partial charge < -0.3 is 4.74 Å². The monoisotopic (exact) mass is 260 g/mol. The van der Waals surface area contributed by atoms with Crippen molar-refractivity contribution in [1.29, 1.82) is 0 Å². The van der Waals surface area contributed by atoms with Gasteiger partial charge in [0.25, 0.3) is 0 Å². The maximum atomic E-state index is 6.43. The number of alkyl halides is 1. The van der Waals surface area contributed by atoms with E-state index in [9.17, 15) is 0 Å². The summed E-state index contributed by atoms with van der Waals surface area (Å²) in [6.45, 7) is 6.32. The Morgan fingerprint density at radius 1 is 1.06 bits per heavy atom. The van der Waals surface area contributed by atoms with Crippen molar-refractivity contribution in [1.82, 2.24) is 0 Å². The van der Waals surface area contributed by atoms with Gasteiger partial charge in [-0.1, -0.05) is 33.1 Å². The van der Waals surface area contributed by atoms with E-state index in [1.807, 2.05) is 0 Å². The van der Waals surface area contributed by atoms with Crippen LogP contribution in [0, 0.1) is 11.8 Å². The fourth-order valence-corrected chi connectivity index (χ4v) is 3.23. The number of rotatable bonds is 8. The Bertz CT molecular complexity index is 184. The van der Waals surface area contributed by atoms with Crippen LogP contribution < -0.4 is 0 Å². The van der Waals surface area contributed by atoms with Crippen LogP contribution >= 0.6 is 11.6 Å². The predicted octanol–water partition coefficient (Wildman–Crippen LogP) is 5.02. The topological polar surface area (TPSA) is 9.23 Å². The molecule has 0 aromatic carbocycles. The lowest BCUT2D eigenvalue weighted by molar-refractivity contribution is 0.106. The summed E-state index contributed by atoms with van der Waals surface area (Å²) in [6.07, 6.45) is 10.2. The fourth-order valence-electron chi connectivity index (χ4n) is 2.88. The third-order valence-electron chi connectivity index (χ3n) is 3.97. The Balaban J connectivity index is 2.15. The normalized spacial score (nSPS) is 29.5. The van der Waals surface area contributed by atoms with E-state index in [-0.39, 0.29) is 0 Å². The molecule has 0 bridgehead atoms. The zero-order valence-corrected chi connectivity index (χ0v) is 12.3. The van der Waals surface area contributed by atoms with Gasteiger partial charge in [0.15, 0.2) is 0 Å². The van der Waals surface area contributed by atoms with E-state index in [1.54, 1.807) is 0 Å². The average molecular weight is 261 g/mol. The molecule has 0 aromatic rings. The quantitative estimate of drug-likeness (QED) is 0.440. The molecule has 0 saturated heterocycles. The molecule has 1 aliphatic rings. The third-order valence-corrected chi connectivity index (χ3v) is 4.54. The number of hydrogen-bond donors (Lipinski definition) is 0. The minimum absolute atomic E-state index is 0.401. The molecule has 1 aliphatic carbocycles. The van der Waals surface area contributed by atoms with Crippen LogP contribution in [0.2, 0.25) is 0 Å². The molecular formula is C15H29ClO. The van der Waals surface area contributed by atoms with Crippen LogP contribution in [0.4, 0.5) is 0 Å². The largest absolute Gasteiger partial charge is 0.381 e. The minimum Gasteiger partial charge on any atom is -0.381 e.